The lowest BCUT2D eigenvalue weighted by atomic mass is 10.1. The van der Waals surface area contributed by atoms with Crippen LogP contribution in [-0.4, -0.2) is 11.1 Å². The molecule has 134 valence electrons. The first-order valence-electron chi connectivity index (χ1n) is 7.50. The van der Waals surface area contributed by atoms with Crippen LogP contribution < -0.4 is 5.32 Å². The third-order valence-electron chi connectivity index (χ3n) is 3.57. The van der Waals surface area contributed by atoms with Crippen molar-refractivity contribution in [3.8, 4) is 11.3 Å². The Morgan fingerprint density at radius 3 is 2.50 bits per heavy atom. The second-order valence-corrected chi connectivity index (χ2v) is 5.45. The molecule has 0 aliphatic heterocycles. The highest BCUT2D eigenvalue weighted by Gasteiger charge is 2.30. The van der Waals surface area contributed by atoms with Crippen LogP contribution in [0, 0.1) is 5.82 Å². The summed E-state index contributed by atoms with van der Waals surface area (Å²) in [6, 6.07) is 11.3. The molecule has 1 aromatic heterocycles. The van der Waals surface area contributed by atoms with E-state index in [2.05, 4.69) is 10.5 Å². The van der Waals surface area contributed by atoms with Gasteiger partial charge in [-0.05, 0) is 42.5 Å². The first-order valence-corrected chi connectivity index (χ1v) is 7.50. The molecule has 26 heavy (non-hydrogen) atoms. The molecule has 0 saturated carbocycles. The van der Waals surface area contributed by atoms with Crippen LogP contribution in [0.5, 0.6) is 0 Å². The lowest BCUT2D eigenvalue weighted by Crippen LogP contribution is -2.23. The van der Waals surface area contributed by atoms with Gasteiger partial charge >= 0.3 is 6.18 Å². The van der Waals surface area contributed by atoms with Crippen LogP contribution in [-0.2, 0) is 12.7 Å². The van der Waals surface area contributed by atoms with Crippen LogP contribution in [0.1, 0.15) is 21.6 Å². The van der Waals surface area contributed by atoms with Crippen molar-refractivity contribution in [1.82, 2.24) is 10.5 Å². The highest BCUT2D eigenvalue weighted by atomic mass is 19.4. The summed E-state index contributed by atoms with van der Waals surface area (Å²) < 4.78 is 56.1. The predicted molar refractivity (Wildman–Crippen MR) is 84.5 cm³/mol. The van der Waals surface area contributed by atoms with Crippen LogP contribution in [0.4, 0.5) is 17.6 Å². The van der Waals surface area contributed by atoms with Crippen LogP contribution >= 0.6 is 0 Å². The molecule has 4 nitrogen and oxygen atoms in total. The second kappa shape index (κ2) is 6.99. The van der Waals surface area contributed by atoms with Crippen molar-refractivity contribution >= 4 is 5.91 Å². The Morgan fingerprint density at radius 2 is 1.81 bits per heavy atom. The van der Waals surface area contributed by atoms with E-state index in [1.165, 1.54) is 36.4 Å². The summed E-state index contributed by atoms with van der Waals surface area (Å²) >= 11 is 0. The third-order valence-corrected chi connectivity index (χ3v) is 3.57. The van der Waals surface area contributed by atoms with E-state index in [9.17, 15) is 22.4 Å². The monoisotopic (exact) mass is 364 g/mol. The molecule has 1 heterocycles. The van der Waals surface area contributed by atoms with Gasteiger partial charge in [0.2, 0.25) is 0 Å². The number of benzene rings is 2. The number of alkyl halides is 3. The smallest absolute Gasteiger partial charge is 0.356 e. The molecule has 3 aromatic rings. The van der Waals surface area contributed by atoms with Gasteiger partial charge in [0.15, 0.2) is 5.76 Å². The molecule has 0 unspecified atom stereocenters. The largest absolute Gasteiger partial charge is 0.416 e. The zero-order valence-corrected chi connectivity index (χ0v) is 13.2. The fraction of sp³-hybridized carbons (Fsp3) is 0.111. The molecule has 0 aliphatic rings. The first-order chi connectivity index (χ1) is 12.3. The van der Waals surface area contributed by atoms with Crippen molar-refractivity contribution in [2.45, 2.75) is 12.7 Å². The Hall–Kier alpha value is -3.16. The Balaban J connectivity index is 1.66. The Kier molecular flexibility index (Phi) is 4.75. The number of rotatable bonds is 4. The van der Waals surface area contributed by atoms with Gasteiger partial charge in [0.1, 0.15) is 11.5 Å². The Bertz CT molecular complexity index is 917. The molecule has 3 rings (SSSR count). The van der Waals surface area contributed by atoms with E-state index < -0.39 is 17.6 Å². The molecule has 0 bridgehead atoms. The average Bonchev–Trinajstić information content (AvgIpc) is 3.08. The van der Waals surface area contributed by atoms with Crippen molar-refractivity contribution in [3.63, 3.8) is 0 Å². The van der Waals surface area contributed by atoms with Gasteiger partial charge in [0.25, 0.3) is 5.91 Å². The zero-order chi connectivity index (χ0) is 18.7. The van der Waals surface area contributed by atoms with Gasteiger partial charge < -0.3 is 9.84 Å². The summed E-state index contributed by atoms with van der Waals surface area (Å²) in [6.45, 7) is -0.0280. The van der Waals surface area contributed by atoms with Crippen LogP contribution in [0.25, 0.3) is 11.3 Å². The summed E-state index contributed by atoms with van der Waals surface area (Å²) in [5, 5.41) is 6.25. The first kappa shape index (κ1) is 17.7. The van der Waals surface area contributed by atoms with Gasteiger partial charge in [-0.25, -0.2) is 4.39 Å². The van der Waals surface area contributed by atoms with Crippen molar-refractivity contribution in [2.75, 3.05) is 0 Å². The minimum Gasteiger partial charge on any atom is -0.356 e. The van der Waals surface area contributed by atoms with Gasteiger partial charge in [-0.15, -0.1) is 0 Å². The summed E-state index contributed by atoms with van der Waals surface area (Å²) in [5.74, 6) is -0.669. The van der Waals surface area contributed by atoms with Crippen LogP contribution in [0.3, 0.4) is 0 Å². The molecule has 2 aromatic carbocycles. The fourth-order valence-electron chi connectivity index (χ4n) is 2.25. The van der Waals surface area contributed by atoms with E-state index in [1.54, 1.807) is 6.07 Å². The molecule has 0 spiro atoms. The molecular formula is C18H12F4N2O2. The third kappa shape index (κ3) is 4.08. The summed E-state index contributed by atoms with van der Waals surface area (Å²) in [5.41, 5.74) is -0.0220. The molecule has 0 radical (unpaired) electrons. The number of aromatic nitrogens is 1. The number of hydrogen-bond donors (Lipinski definition) is 1. The summed E-state index contributed by atoms with van der Waals surface area (Å²) in [7, 11) is 0. The maximum atomic E-state index is 12.9. The van der Waals surface area contributed by atoms with E-state index in [4.69, 9.17) is 4.52 Å². The van der Waals surface area contributed by atoms with Crippen molar-refractivity contribution in [2.24, 2.45) is 0 Å². The van der Waals surface area contributed by atoms with Crippen molar-refractivity contribution in [3.05, 3.63) is 77.2 Å². The summed E-state index contributed by atoms with van der Waals surface area (Å²) in [6.07, 6.45) is -4.52. The SMILES string of the molecule is O=C(NCc1cc(-c2ccc(F)cc2)on1)c1cccc(C(F)(F)F)c1. The van der Waals surface area contributed by atoms with E-state index in [0.29, 0.717) is 17.0 Å². The highest BCUT2D eigenvalue weighted by Crippen LogP contribution is 2.29. The van der Waals surface area contributed by atoms with Gasteiger partial charge in [0, 0.05) is 17.2 Å². The van der Waals surface area contributed by atoms with E-state index in [1.807, 2.05) is 0 Å². The minimum absolute atomic E-state index is 0.0280. The molecule has 1 amide bonds. The predicted octanol–water partition coefficient (Wildman–Crippen LogP) is 4.43. The number of amides is 1. The number of nitrogens with one attached hydrogen (secondary N) is 1. The molecule has 0 aliphatic carbocycles. The van der Waals surface area contributed by atoms with Gasteiger partial charge in [0.05, 0.1) is 12.1 Å². The number of halogens is 4. The molecule has 0 atom stereocenters. The van der Waals surface area contributed by atoms with Crippen LogP contribution in [0.15, 0.2) is 59.1 Å². The van der Waals surface area contributed by atoms with Gasteiger partial charge in [-0.1, -0.05) is 11.2 Å². The topological polar surface area (TPSA) is 55.1 Å². The van der Waals surface area contributed by atoms with E-state index in [-0.39, 0.29) is 17.9 Å². The number of carbonyl (C=O) groups excluding carboxylic acids is 1. The lowest BCUT2D eigenvalue weighted by Gasteiger charge is -2.08. The maximum Gasteiger partial charge on any atom is 0.416 e. The van der Waals surface area contributed by atoms with E-state index in [0.717, 1.165) is 12.1 Å². The molecule has 8 heteroatoms. The second-order valence-electron chi connectivity index (χ2n) is 5.45. The lowest BCUT2D eigenvalue weighted by molar-refractivity contribution is -0.137. The quantitative estimate of drug-likeness (QED) is 0.697. The van der Waals surface area contributed by atoms with E-state index >= 15 is 0 Å². The van der Waals surface area contributed by atoms with Gasteiger partial charge in [-0.2, -0.15) is 13.2 Å². The maximum absolute atomic E-state index is 12.9. The molecular weight excluding hydrogens is 352 g/mol. The highest BCUT2D eigenvalue weighted by molar-refractivity contribution is 5.94. The fourth-order valence-corrected chi connectivity index (χ4v) is 2.25. The normalized spacial score (nSPS) is 11.4. The zero-order valence-electron chi connectivity index (χ0n) is 13.2. The van der Waals surface area contributed by atoms with Gasteiger partial charge in [-0.3, -0.25) is 4.79 Å². The Morgan fingerprint density at radius 1 is 1.08 bits per heavy atom. The minimum atomic E-state index is -4.52. The Labute approximate surface area is 145 Å². The molecule has 0 fully saturated rings. The van der Waals surface area contributed by atoms with Crippen molar-refractivity contribution in [1.29, 1.82) is 0 Å². The number of carbonyl (C=O) groups is 1. The number of hydrogen-bond acceptors (Lipinski definition) is 3. The summed E-state index contributed by atoms with van der Waals surface area (Å²) in [4.78, 5) is 12.0. The molecule has 0 saturated heterocycles. The standard InChI is InChI=1S/C18H12F4N2O2/c19-14-6-4-11(5-7-14)16-9-15(24-26-16)10-23-17(25)12-2-1-3-13(8-12)18(20,21)22/h1-9H,10H2,(H,23,25). The van der Waals surface area contributed by atoms with Crippen LogP contribution in [0.2, 0.25) is 0 Å². The average molecular weight is 364 g/mol. The number of nitrogens with zero attached hydrogens (tertiary/aromatic N) is 1. The molecule has 1 N–H and O–H groups in total. The van der Waals surface area contributed by atoms with Crippen molar-refractivity contribution < 1.29 is 26.9 Å².